The Hall–Kier alpha value is -2.25. The number of benzene rings is 2. The maximum Gasteiger partial charge on any atom is 0.311 e. The zero-order valence-electron chi connectivity index (χ0n) is 17.2. The van der Waals surface area contributed by atoms with E-state index < -0.39 is 0 Å². The molecule has 0 aliphatic carbocycles. The number of ether oxygens (including phenoxy) is 4. The van der Waals surface area contributed by atoms with Gasteiger partial charge in [-0.3, -0.25) is 9.69 Å². The molecule has 0 saturated carbocycles. The maximum atomic E-state index is 13.2. The molecule has 2 aromatic rings. The second kappa shape index (κ2) is 9.27. The zero-order chi connectivity index (χ0) is 21.1. The minimum Gasteiger partial charge on any atom is -0.497 e. The Labute approximate surface area is 185 Å². The molecule has 4 rings (SSSR count). The van der Waals surface area contributed by atoms with Gasteiger partial charge in [0.15, 0.2) is 11.5 Å². The molecule has 0 N–H and O–H groups in total. The number of carbonyl (C=O) groups excluding carboxylic acids is 1. The van der Waals surface area contributed by atoms with Gasteiger partial charge in [0, 0.05) is 30.4 Å². The predicted molar refractivity (Wildman–Crippen MR) is 117 cm³/mol. The molecule has 0 amide bonds. The third kappa shape index (κ3) is 4.01. The minimum absolute atomic E-state index is 0.00954. The molecule has 0 aromatic heterocycles. The highest BCUT2D eigenvalue weighted by atomic mass is 79.9. The molecule has 7 heteroatoms. The number of hydrogen-bond donors (Lipinski definition) is 0. The topological polar surface area (TPSA) is 57.2 Å². The van der Waals surface area contributed by atoms with Gasteiger partial charge in [-0.2, -0.15) is 0 Å². The van der Waals surface area contributed by atoms with E-state index in [4.69, 9.17) is 18.9 Å². The molecule has 160 valence electrons. The van der Waals surface area contributed by atoms with Gasteiger partial charge in [0.25, 0.3) is 0 Å². The first-order valence-electron chi connectivity index (χ1n) is 10.2. The van der Waals surface area contributed by atoms with Gasteiger partial charge in [-0.05, 0) is 42.3 Å². The van der Waals surface area contributed by atoms with Gasteiger partial charge in [-0.15, -0.1) is 0 Å². The number of carbonyl (C=O) groups is 1. The van der Waals surface area contributed by atoms with Crippen molar-refractivity contribution in [3.63, 3.8) is 0 Å². The van der Waals surface area contributed by atoms with Crippen LogP contribution in [0.4, 0.5) is 0 Å². The van der Waals surface area contributed by atoms with Crippen LogP contribution in [0, 0.1) is 5.92 Å². The summed E-state index contributed by atoms with van der Waals surface area (Å²) in [5.74, 6) is 1.77. The Morgan fingerprint density at radius 1 is 1.13 bits per heavy atom. The first kappa shape index (κ1) is 21.0. The lowest BCUT2D eigenvalue weighted by molar-refractivity contribution is -0.149. The van der Waals surface area contributed by atoms with Crippen molar-refractivity contribution in [2.75, 3.05) is 38.9 Å². The van der Waals surface area contributed by atoms with E-state index in [2.05, 4.69) is 20.8 Å². The molecule has 0 radical (unpaired) electrons. The quantitative estimate of drug-likeness (QED) is 0.443. The number of esters is 1. The number of hydrogen-bond acceptors (Lipinski definition) is 6. The fourth-order valence-electron chi connectivity index (χ4n) is 4.47. The average Bonchev–Trinajstić information content (AvgIpc) is 3.38. The Bertz CT molecular complexity index is 888. The fourth-order valence-corrected chi connectivity index (χ4v) is 4.93. The molecule has 2 aromatic carbocycles. The number of likely N-dealkylation sites (tertiary alicyclic amines) is 1. The standard InChI is InChI=1S/C23H26BrNO5/c1-3-28-23(26)21-18(16-6-9-19-20(12-16)30-14-29-19)13-25(11-10-24)22(21)15-4-7-17(27-2)8-5-15/h4-9,12,18,21-22H,3,10-11,13-14H2,1-2H3/t18-,21-,22+/m0/s1. The van der Waals surface area contributed by atoms with Crippen LogP contribution in [0.25, 0.3) is 0 Å². The lowest BCUT2D eigenvalue weighted by Gasteiger charge is -2.28. The van der Waals surface area contributed by atoms with Crippen molar-refractivity contribution in [3.05, 3.63) is 53.6 Å². The van der Waals surface area contributed by atoms with Gasteiger partial charge in [-0.25, -0.2) is 0 Å². The normalized spacial score (nSPS) is 22.8. The molecule has 0 spiro atoms. The first-order valence-corrected chi connectivity index (χ1v) is 11.3. The predicted octanol–water partition coefficient (Wildman–Crippen LogP) is 4.14. The summed E-state index contributed by atoms with van der Waals surface area (Å²) >= 11 is 3.57. The number of rotatable bonds is 7. The molecule has 0 bridgehead atoms. The SMILES string of the molecule is CCOC(=O)[C@@H]1[C@@H](c2ccc(OC)cc2)N(CCBr)C[C@H]1c1ccc2c(c1)OCO2. The van der Waals surface area contributed by atoms with E-state index in [1.165, 1.54) is 0 Å². The van der Waals surface area contributed by atoms with Gasteiger partial charge < -0.3 is 18.9 Å². The van der Waals surface area contributed by atoms with Gasteiger partial charge in [-0.1, -0.05) is 34.1 Å². The molecule has 6 nitrogen and oxygen atoms in total. The van der Waals surface area contributed by atoms with Crippen molar-refractivity contribution in [3.8, 4) is 17.2 Å². The monoisotopic (exact) mass is 475 g/mol. The number of methoxy groups -OCH3 is 1. The van der Waals surface area contributed by atoms with E-state index in [1.54, 1.807) is 7.11 Å². The van der Waals surface area contributed by atoms with Crippen LogP contribution in [0.2, 0.25) is 0 Å². The molecule has 2 aliphatic rings. The van der Waals surface area contributed by atoms with Crippen LogP contribution in [0.3, 0.4) is 0 Å². The zero-order valence-corrected chi connectivity index (χ0v) is 18.8. The van der Waals surface area contributed by atoms with Crippen molar-refractivity contribution in [2.45, 2.75) is 18.9 Å². The van der Waals surface area contributed by atoms with Gasteiger partial charge in [0.2, 0.25) is 6.79 Å². The number of halogens is 1. The van der Waals surface area contributed by atoms with Crippen molar-refractivity contribution in [1.82, 2.24) is 4.90 Å². The molecule has 30 heavy (non-hydrogen) atoms. The van der Waals surface area contributed by atoms with Crippen LogP contribution in [0.5, 0.6) is 17.2 Å². The van der Waals surface area contributed by atoms with Crippen molar-refractivity contribution >= 4 is 21.9 Å². The smallest absolute Gasteiger partial charge is 0.311 e. The molecule has 1 fully saturated rings. The second-order valence-corrected chi connectivity index (χ2v) is 8.19. The average molecular weight is 476 g/mol. The van der Waals surface area contributed by atoms with Crippen molar-refractivity contribution < 1.29 is 23.7 Å². The molecular weight excluding hydrogens is 450 g/mol. The number of alkyl halides is 1. The molecular formula is C23H26BrNO5. The Balaban J connectivity index is 1.74. The van der Waals surface area contributed by atoms with Gasteiger partial charge in [0.1, 0.15) is 5.75 Å². The van der Waals surface area contributed by atoms with E-state index in [-0.39, 0.29) is 30.6 Å². The van der Waals surface area contributed by atoms with Crippen LogP contribution < -0.4 is 14.2 Å². The van der Waals surface area contributed by atoms with Crippen LogP contribution in [0.1, 0.15) is 30.0 Å². The van der Waals surface area contributed by atoms with Crippen molar-refractivity contribution in [2.24, 2.45) is 5.92 Å². The van der Waals surface area contributed by atoms with Crippen LogP contribution in [-0.2, 0) is 9.53 Å². The summed E-state index contributed by atoms with van der Waals surface area (Å²) in [5.41, 5.74) is 2.14. The van der Waals surface area contributed by atoms with Gasteiger partial charge in [0.05, 0.1) is 19.6 Å². The van der Waals surface area contributed by atoms with Crippen LogP contribution in [-0.4, -0.2) is 49.8 Å². The number of nitrogens with zero attached hydrogens (tertiary/aromatic N) is 1. The first-order chi connectivity index (χ1) is 14.7. The molecule has 1 saturated heterocycles. The van der Waals surface area contributed by atoms with E-state index in [1.807, 2.05) is 49.4 Å². The summed E-state index contributed by atoms with van der Waals surface area (Å²) in [4.78, 5) is 15.5. The van der Waals surface area contributed by atoms with Crippen LogP contribution >= 0.6 is 15.9 Å². The Kier molecular flexibility index (Phi) is 6.49. The molecule has 2 aliphatic heterocycles. The molecule has 2 heterocycles. The fraction of sp³-hybridized carbons (Fsp3) is 0.435. The lowest BCUT2D eigenvalue weighted by atomic mass is 9.82. The summed E-state index contributed by atoms with van der Waals surface area (Å²) < 4.78 is 21.9. The third-order valence-corrected chi connectivity index (χ3v) is 6.17. The van der Waals surface area contributed by atoms with Gasteiger partial charge >= 0.3 is 5.97 Å². The largest absolute Gasteiger partial charge is 0.497 e. The highest BCUT2D eigenvalue weighted by Crippen LogP contribution is 2.48. The van der Waals surface area contributed by atoms with Crippen LogP contribution in [0.15, 0.2) is 42.5 Å². The van der Waals surface area contributed by atoms with E-state index in [0.717, 1.165) is 46.8 Å². The molecule has 3 atom stereocenters. The molecule has 0 unspecified atom stereocenters. The summed E-state index contributed by atoms with van der Waals surface area (Å²) in [6.45, 7) is 4.02. The third-order valence-electron chi connectivity index (χ3n) is 5.81. The Morgan fingerprint density at radius 3 is 2.57 bits per heavy atom. The van der Waals surface area contributed by atoms with E-state index >= 15 is 0 Å². The van der Waals surface area contributed by atoms with E-state index in [9.17, 15) is 4.79 Å². The second-order valence-electron chi connectivity index (χ2n) is 7.40. The summed E-state index contributed by atoms with van der Waals surface area (Å²) in [6, 6.07) is 13.8. The highest BCUT2D eigenvalue weighted by Gasteiger charge is 2.48. The van der Waals surface area contributed by atoms with Crippen molar-refractivity contribution in [1.29, 1.82) is 0 Å². The number of fused-ring (bicyclic) bond motifs is 1. The highest BCUT2D eigenvalue weighted by molar-refractivity contribution is 9.09. The summed E-state index contributed by atoms with van der Waals surface area (Å²) in [6.07, 6.45) is 0. The lowest BCUT2D eigenvalue weighted by Crippen LogP contribution is -2.31. The Morgan fingerprint density at radius 2 is 1.87 bits per heavy atom. The maximum absolute atomic E-state index is 13.2. The minimum atomic E-state index is -0.322. The summed E-state index contributed by atoms with van der Waals surface area (Å²) in [7, 11) is 1.65. The summed E-state index contributed by atoms with van der Waals surface area (Å²) in [5, 5.41) is 0.822. The van der Waals surface area contributed by atoms with E-state index in [0.29, 0.717) is 6.61 Å².